The zero-order chi connectivity index (χ0) is 14.1. The van der Waals surface area contributed by atoms with E-state index in [4.69, 9.17) is 19.9 Å². The Balaban J connectivity index is 2.75. The molecule has 0 bridgehead atoms. The van der Waals surface area contributed by atoms with Crippen molar-refractivity contribution in [3.8, 4) is 5.75 Å². The Morgan fingerprint density at radius 3 is 2.42 bits per heavy atom. The Kier molecular flexibility index (Phi) is 7.40. The first-order chi connectivity index (χ1) is 9.22. The third-order valence-corrected chi connectivity index (χ3v) is 2.55. The molecule has 0 radical (unpaired) electrons. The van der Waals surface area contributed by atoms with Gasteiger partial charge >= 0.3 is 0 Å². The predicted octanol–water partition coefficient (Wildman–Crippen LogP) is 2.27. The normalized spacial score (nSPS) is 12.7. The maximum atomic E-state index is 6.16. The van der Waals surface area contributed by atoms with Crippen LogP contribution in [0.4, 0.5) is 0 Å². The zero-order valence-electron chi connectivity index (χ0n) is 12.0. The van der Waals surface area contributed by atoms with Gasteiger partial charge in [0.05, 0.1) is 18.8 Å². The second-order valence-electron chi connectivity index (χ2n) is 4.11. The molecule has 0 saturated heterocycles. The fourth-order valence-corrected chi connectivity index (χ4v) is 1.66. The number of rotatable bonds is 9. The molecule has 19 heavy (non-hydrogen) atoms. The Bertz CT molecular complexity index is 354. The average molecular weight is 268 g/mol. The topological polar surface area (TPSA) is 66.6 Å². The van der Waals surface area contributed by atoms with Crippen molar-refractivity contribution in [1.82, 2.24) is 4.98 Å². The van der Waals surface area contributed by atoms with Crippen LogP contribution in [0.2, 0.25) is 0 Å². The summed E-state index contributed by atoms with van der Waals surface area (Å²) in [5, 5.41) is 0. The molecule has 1 heterocycles. The van der Waals surface area contributed by atoms with Gasteiger partial charge in [0.15, 0.2) is 6.29 Å². The molecule has 1 aromatic heterocycles. The lowest BCUT2D eigenvalue weighted by Crippen LogP contribution is -2.31. The minimum atomic E-state index is -0.460. The number of pyridine rings is 1. The maximum absolute atomic E-state index is 6.16. The van der Waals surface area contributed by atoms with E-state index in [-0.39, 0.29) is 6.04 Å². The van der Waals surface area contributed by atoms with Gasteiger partial charge in [-0.05, 0) is 31.9 Å². The number of ether oxygens (including phenoxy) is 3. The number of hydrogen-bond acceptors (Lipinski definition) is 5. The van der Waals surface area contributed by atoms with Crippen molar-refractivity contribution < 1.29 is 14.2 Å². The number of nitrogens with two attached hydrogens (primary N) is 1. The summed E-state index contributed by atoms with van der Waals surface area (Å²) in [6, 6.07) is 1.51. The number of nitrogens with zero attached hydrogens (tertiary/aromatic N) is 1. The number of hydrogen-bond donors (Lipinski definition) is 1. The summed E-state index contributed by atoms with van der Waals surface area (Å²) >= 11 is 0. The summed E-state index contributed by atoms with van der Waals surface area (Å²) in [5.41, 5.74) is 7.01. The molecule has 0 aliphatic rings. The van der Waals surface area contributed by atoms with Crippen LogP contribution in [0.3, 0.4) is 0 Å². The highest BCUT2D eigenvalue weighted by atomic mass is 16.7. The van der Waals surface area contributed by atoms with Gasteiger partial charge in [-0.15, -0.1) is 0 Å². The molecular weight excluding hydrogens is 244 g/mol. The summed E-state index contributed by atoms with van der Waals surface area (Å²) in [4.78, 5) is 4.15. The Morgan fingerprint density at radius 1 is 1.16 bits per heavy atom. The molecule has 1 rings (SSSR count). The average Bonchev–Trinajstić information content (AvgIpc) is 2.44. The van der Waals surface area contributed by atoms with Crippen LogP contribution >= 0.6 is 0 Å². The van der Waals surface area contributed by atoms with Crippen molar-refractivity contribution in [2.24, 2.45) is 5.73 Å². The van der Waals surface area contributed by atoms with Crippen LogP contribution in [0.25, 0.3) is 0 Å². The van der Waals surface area contributed by atoms with Crippen molar-refractivity contribution in [2.45, 2.75) is 39.5 Å². The van der Waals surface area contributed by atoms with Crippen LogP contribution < -0.4 is 10.5 Å². The molecule has 0 saturated carbocycles. The van der Waals surface area contributed by atoms with E-state index in [9.17, 15) is 0 Å². The molecule has 5 nitrogen and oxygen atoms in total. The van der Waals surface area contributed by atoms with E-state index < -0.39 is 6.29 Å². The van der Waals surface area contributed by atoms with E-state index in [0.717, 1.165) is 17.7 Å². The fraction of sp³-hybridized carbons (Fsp3) is 0.643. The Labute approximate surface area is 115 Å². The van der Waals surface area contributed by atoms with Gasteiger partial charge in [0.25, 0.3) is 0 Å². The minimum absolute atomic E-state index is 0.377. The van der Waals surface area contributed by atoms with Gasteiger partial charge in [-0.1, -0.05) is 6.92 Å². The molecule has 0 fully saturated rings. The summed E-state index contributed by atoms with van der Waals surface area (Å²) in [6.07, 6.45) is 3.89. The molecular formula is C14H24N2O3. The van der Waals surface area contributed by atoms with Crippen molar-refractivity contribution in [2.75, 3.05) is 19.8 Å². The lowest BCUT2D eigenvalue weighted by molar-refractivity contribution is -0.149. The first-order valence-electron chi connectivity index (χ1n) is 6.79. The lowest BCUT2D eigenvalue weighted by atomic mass is 10.1. The molecule has 0 amide bonds. The molecule has 1 aromatic rings. The molecule has 0 aliphatic heterocycles. The monoisotopic (exact) mass is 268 g/mol. The van der Waals surface area contributed by atoms with Crippen molar-refractivity contribution in [3.05, 3.63) is 24.0 Å². The smallest absolute Gasteiger partial charge is 0.176 e. The van der Waals surface area contributed by atoms with Crippen molar-refractivity contribution >= 4 is 0 Å². The van der Waals surface area contributed by atoms with Gasteiger partial charge in [-0.2, -0.15) is 0 Å². The van der Waals surface area contributed by atoms with E-state index in [2.05, 4.69) is 11.9 Å². The third-order valence-electron chi connectivity index (χ3n) is 2.55. The van der Waals surface area contributed by atoms with Crippen LogP contribution in [0.5, 0.6) is 5.75 Å². The second kappa shape index (κ2) is 8.85. The summed E-state index contributed by atoms with van der Waals surface area (Å²) < 4.78 is 16.6. The van der Waals surface area contributed by atoms with E-state index in [0.29, 0.717) is 19.8 Å². The molecule has 108 valence electrons. The maximum Gasteiger partial charge on any atom is 0.176 e. The lowest BCUT2D eigenvalue weighted by Gasteiger charge is -2.23. The minimum Gasteiger partial charge on any atom is -0.492 e. The van der Waals surface area contributed by atoms with E-state index >= 15 is 0 Å². The van der Waals surface area contributed by atoms with Gasteiger partial charge in [0, 0.05) is 19.4 Å². The van der Waals surface area contributed by atoms with Crippen LogP contribution in [0.15, 0.2) is 18.5 Å². The molecule has 5 heteroatoms. The molecule has 1 unspecified atom stereocenters. The Morgan fingerprint density at radius 2 is 1.84 bits per heavy atom. The fourth-order valence-electron chi connectivity index (χ4n) is 1.66. The quantitative estimate of drug-likeness (QED) is 0.696. The highest BCUT2D eigenvalue weighted by Crippen LogP contribution is 2.21. The molecule has 2 N–H and O–H groups in total. The molecule has 0 spiro atoms. The van der Waals surface area contributed by atoms with E-state index in [1.165, 1.54) is 0 Å². The molecule has 0 aliphatic carbocycles. The number of aromatic nitrogens is 1. The van der Waals surface area contributed by atoms with Gasteiger partial charge < -0.3 is 19.9 Å². The summed E-state index contributed by atoms with van der Waals surface area (Å²) in [7, 11) is 0. The molecule has 1 atom stereocenters. The van der Waals surface area contributed by atoms with Gasteiger partial charge in [0.1, 0.15) is 5.75 Å². The second-order valence-corrected chi connectivity index (χ2v) is 4.11. The summed E-state index contributed by atoms with van der Waals surface area (Å²) in [6.45, 7) is 7.66. The predicted molar refractivity (Wildman–Crippen MR) is 74.0 cm³/mol. The van der Waals surface area contributed by atoms with E-state index in [1.807, 2.05) is 19.9 Å². The van der Waals surface area contributed by atoms with E-state index in [1.54, 1.807) is 12.4 Å². The standard InChI is InChI=1S/C14H24N2O3/c1-4-7-19-12-8-11(9-16-10-12)13(15)14(17-5-2)18-6-3/h8-10,13-14H,4-7,15H2,1-3H3. The van der Waals surface area contributed by atoms with Crippen LogP contribution in [-0.2, 0) is 9.47 Å². The van der Waals surface area contributed by atoms with Gasteiger partial charge in [-0.3, -0.25) is 4.98 Å². The summed E-state index contributed by atoms with van der Waals surface area (Å²) in [5.74, 6) is 0.724. The van der Waals surface area contributed by atoms with Crippen LogP contribution in [0.1, 0.15) is 38.8 Å². The Hall–Kier alpha value is -1.17. The first kappa shape index (κ1) is 15.9. The molecule has 0 aromatic carbocycles. The largest absolute Gasteiger partial charge is 0.492 e. The van der Waals surface area contributed by atoms with Crippen LogP contribution in [-0.4, -0.2) is 31.1 Å². The third kappa shape index (κ3) is 5.14. The zero-order valence-corrected chi connectivity index (χ0v) is 12.0. The van der Waals surface area contributed by atoms with Gasteiger partial charge in [0.2, 0.25) is 0 Å². The van der Waals surface area contributed by atoms with Gasteiger partial charge in [-0.25, -0.2) is 0 Å². The van der Waals surface area contributed by atoms with Crippen molar-refractivity contribution in [1.29, 1.82) is 0 Å². The SMILES string of the molecule is CCCOc1cncc(C(N)C(OCC)OCC)c1. The highest BCUT2D eigenvalue weighted by Gasteiger charge is 2.20. The van der Waals surface area contributed by atoms with Crippen LogP contribution in [0, 0.1) is 0 Å². The first-order valence-corrected chi connectivity index (χ1v) is 6.79. The highest BCUT2D eigenvalue weighted by molar-refractivity contribution is 5.26. The van der Waals surface area contributed by atoms with Crippen molar-refractivity contribution in [3.63, 3.8) is 0 Å².